The molecule has 0 radical (unpaired) electrons. The minimum atomic E-state index is -0.916. The van der Waals surface area contributed by atoms with Gasteiger partial charge in [0.25, 0.3) is 0 Å². The minimum absolute atomic E-state index is 0.169. The average Bonchev–Trinajstić information content (AvgIpc) is 2.37. The van der Waals surface area contributed by atoms with Gasteiger partial charge in [-0.2, -0.15) is 0 Å². The predicted octanol–water partition coefficient (Wildman–Crippen LogP) is 4.94. The highest BCUT2D eigenvalue weighted by Crippen LogP contribution is 2.31. The van der Waals surface area contributed by atoms with Gasteiger partial charge in [-0.3, -0.25) is 0 Å². The molecule has 1 unspecified atom stereocenters. The molecule has 6 heteroatoms. The van der Waals surface area contributed by atoms with E-state index in [1.165, 1.54) is 25.2 Å². The van der Waals surface area contributed by atoms with Gasteiger partial charge in [-0.15, -0.1) is 0 Å². The van der Waals surface area contributed by atoms with E-state index in [-0.39, 0.29) is 11.1 Å². The number of nitrogens with one attached hydrogen (secondary N) is 1. The summed E-state index contributed by atoms with van der Waals surface area (Å²) >= 11 is 6.24. The molecule has 106 valence electrons. The van der Waals surface area contributed by atoms with Crippen molar-refractivity contribution in [3.63, 3.8) is 0 Å². The van der Waals surface area contributed by atoms with Crippen LogP contribution in [0, 0.1) is 17.5 Å². The highest BCUT2D eigenvalue weighted by molar-refractivity contribution is 9.10. The first kappa shape index (κ1) is 15.5. The van der Waals surface area contributed by atoms with Crippen LogP contribution < -0.4 is 5.32 Å². The molecule has 0 aliphatic carbocycles. The summed E-state index contributed by atoms with van der Waals surface area (Å²) in [6.07, 6.45) is 0. The van der Waals surface area contributed by atoms with Gasteiger partial charge in [0, 0.05) is 20.1 Å². The lowest BCUT2D eigenvalue weighted by Gasteiger charge is -2.19. The predicted molar refractivity (Wildman–Crippen MR) is 79.1 cm³/mol. The molecule has 2 rings (SSSR count). The minimum Gasteiger partial charge on any atom is -0.309 e. The third kappa shape index (κ3) is 3.07. The molecule has 0 saturated carbocycles. The molecule has 0 bridgehead atoms. The van der Waals surface area contributed by atoms with Crippen molar-refractivity contribution in [3.8, 4) is 0 Å². The Labute approximate surface area is 131 Å². The summed E-state index contributed by atoms with van der Waals surface area (Å²) in [6, 6.07) is 5.66. The van der Waals surface area contributed by atoms with Crippen molar-refractivity contribution in [2.45, 2.75) is 6.04 Å². The van der Waals surface area contributed by atoms with Crippen molar-refractivity contribution in [2.24, 2.45) is 0 Å². The average molecular weight is 409 g/mol. The van der Waals surface area contributed by atoms with E-state index in [4.69, 9.17) is 0 Å². The molecule has 0 aliphatic rings. The van der Waals surface area contributed by atoms with Crippen LogP contribution in [0.1, 0.15) is 17.2 Å². The Kier molecular flexibility index (Phi) is 4.88. The van der Waals surface area contributed by atoms with Crippen molar-refractivity contribution >= 4 is 31.9 Å². The number of rotatable bonds is 3. The van der Waals surface area contributed by atoms with E-state index in [2.05, 4.69) is 37.2 Å². The summed E-state index contributed by atoms with van der Waals surface area (Å²) in [4.78, 5) is 0. The standard InChI is InChI=1S/C14H10Br2F3N/c1-20-14(9-4-7(15)2-3-10(9)17)13-11(18)5-8(16)6-12(13)19/h2-6,14,20H,1H3. The van der Waals surface area contributed by atoms with Crippen molar-refractivity contribution in [1.29, 1.82) is 0 Å². The molecule has 0 saturated heterocycles. The van der Waals surface area contributed by atoms with Crippen molar-refractivity contribution < 1.29 is 13.2 Å². The second kappa shape index (κ2) is 6.28. The van der Waals surface area contributed by atoms with Crippen LogP contribution in [0.5, 0.6) is 0 Å². The maximum atomic E-state index is 14.0. The second-order valence-corrected chi connectivity index (χ2v) is 6.00. The van der Waals surface area contributed by atoms with Gasteiger partial charge in [0.15, 0.2) is 0 Å². The van der Waals surface area contributed by atoms with Crippen molar-refractivity contribution in [2.75, 3.05) is 7.05 Å². The number of hydrogen-bond donors (Lipinski definition) is 1. The van der Waals surface area contributed by atoms with Crippen LogP contribution in [0.4, 0.5) is 13.2 Å². The normalized spacial score (nSPS) is 12.5. The molecule has 0 amide bonds. The second-order valence-electron chi connectivity index (χ2n) is 4.17. The maximum Gasteiger partial charge on any atom is 0.132 e. The summed E-state index contributed by atoms with van der Waals surface area (Å²) in [5.41, 5.74) is -0.0466. The molecule has 0 aromatic heterocycles. The van der Waals surface area contributed by atoms with Crippen LogP contribution in [0.25, 0.3) is 0 Å². The molecule has 1 N–H and O–H groups in total. The van der Waals surface area contributed by atoms with E-state index < -0.39 is 23.5 Å². The number of benzene rings is 2. The fourth-order valence-corrected chi connectivity index (χ4v) is 2.80. The largest absolute Gasteiger partial charge is 0.309 e. The monoisotopic (exact) mass is 407 g/mol. The Hall–Kier alpha value is -0.850. The third-order valence-corrected chi connectivity index (χ3v) is 3.84. The molecule has 1 atom stereocenters. The molecular formula is C14H10Br2F3N. The molecule has 20 heavy (non-hydrogen) atoms. The molecule has 2 aromatic rings. The fourth-order valence-electron chi connectivity index (χ4n) is 2.02. The Morgan fingerprint density at radius 1 is 0.900 bits per heavy atom. The summed E-state index contributed by atoms with van der Waals surface area (Å²) in [5.74, 6) is -2.01. The van der Waals surface area contributed by atoms with Crippen LogP contribution in [-0.4, -0.2) is 7.05 Å². The Morgan fingerprint density at radius 2 is 1.50 bits per heavy atom. The maximum absolute atomic E-state index is 14.0. The lowest BCUT2D eigenvalue weighted by atomic mass is 9.97. The smallest absolute Gasteiger partial charge is 0.132 e. The molecule has 2 aromatic carbocycles. The highest BCUT2D eigenvalue weighted by atomic mass is 79.9. The van der Waals surface area contributed by atoms with E-state index in [1.807, 2.05) is 0 Å². The van der Waals surface area contributed by atoms with Gasteiger partial charge in [0.05, 0.1) is 6.04 Å². The summed E-state index contributed by atoms with van der Waals surface area (Å²) in [7, 11) is 1.52. The molecule has 0 heterocycles. The molecular weight excluding hydrogens is 399 g/mol. The lowest BCUT2D eigenvalue weighted by Crippen LogP contribution is -2.21. The third-order valence-electron chi connectivity index (χ3n) is 2.89. The first-order chi connectivity index (χ1) is 9.43. The first-order valence-electron chi connectivity index (χ1n) is 5.70. The summed E-state index contributed by atoms with van der Waals surface area (Å²) < 4.78 is 42.9. The Balaban J connectivity index is 2.61. The molecule has 0 aliphatic heterocycles. The Morgan fingerprint density at radius 3 is 2.05 bits per heavy atom. The van der Waals surface area contributed by atoms with Crippen molar-refractivity contribution in [1.82, 2.24) is 5.32 Å². The van der Waals surface area contributed by atoms with Gasteiger partial charge < -0.3 is 5.32 Å². The van der Waals surface area contributed by atoms with E-state index in [9.17, 15) is 13.2 Å². The summed E-state index contributed by atoms with van der Waals surface area (Å²) in [5, 5.41) is 2.75. The molecule has 0 fully saturated rings. The first-order valence-corrected chi connectivity index (χ1v) is 7.29. The van der Waals surface area contributed by atoms with Gasteiger partial charge >= 0.3 is 0 Å². The number of halogens is 5. The summed E-state index contributed by atoms with van der Waals surface area (Å²) in [6.45, 7) is 0. The fraction of sp³-hybridized carbons (Fsp3) is 0.143. The zero-order valence-corrected chi connectivity index (χ0v) is 13.5. The number of hydrogen-bond acceptors (Lipinski definition) is 1. The van der Waals surface area contributed by atoms with Gasteiger partial charge in [0.2, 0.25) is 0 Å². The zero-order chi connectivity index (χ0) is 14.9. The molecule has 1 nitrogen and oxygen atoms in total. The zero-order valence-electron chi connectivity index (χ0n) is 10.4. The lowest BCUT2D eigenvalue weighted by molar-refractivity contribution is 0.507. The Bertz CT molecular complexity index is 623. The quantitative estimate of drug-likeness (QED) is 0.758. The van der Waals surface area contributed by atoms with Crippen LogP contribution >= 0.6 is 31.9 Å². The topological polar surface area (TPSA) is 12.0 Å². The van der Waals surface area contributed by atoms with Gasteiger partial charge in [-0.25, -0.2) is 13.2 Å². The highest BCUT2D eigenvalue weighted by Gasteiger charge is 2.24. The van der Waals surface area contributed by atoms with Gasteiger partial charge in [0.1, 0.15) is 17.5 Å². The van der Waals surface area contributed by atoms with Gasteiger partial charge in [-0.05, 0) is 37.4 Å². The molecule has 0 spiro atoms. The van der Waals surface area contributed by atoms with E-state index >= 15 is 0 Å². The SMILES string of the molecule is CNC(c1cc(Br)ccc1F)c1c(F)cc(Br)cc1F. The van der Waals surface area contributed by atoms with Crippen LogP contribution in [0.15, 0.2) is 39.3 Å². The van der Waals surface area contributed by atoms with Crippen LogP contribution in [-0.2, 0) is 0 Å². The van der Waals surface area contributed by atoms with Gasteiger partial charge in [-0.1, -0.05) is 31.9 Å². The van der Waals surface area contributed by atoms with Crippen molar-refractivity contribution in [3.05, 3.63) is 67.9 Å². The van der Waals surface area contributed by atoms with E-state index in [1.54, 1.807) is 0 Å². The van der Waals surface area contributed by atoms with Crippen LogP contribution in [0.2, 0.25) is 0 Å². The van der Waals surface area contributed by atoms with Crippen LogP contribution in [0.3, 0.4) is 0 Å². The van der Waals surface area contributed by atoms with E-state index in [0.717, 1.165) is 12.1 Å². The van der Waals surface area contributed by atoms with E-state index in [0.29, 0.717) is 8.95 Å².